The predicted molar refractivity (Wildman–Crippen MR) is 252 cm³/mol. The Kier molecular flexibility index (Phi) is 16.8. The normalized spacial score (nSPS) is 22.3. The van der Waals surface area contributed by atoms with Crippen LogP contribution in [0, 0.1) is 42.9 Å². The van der Waals surface area contributed by atoms with E-state index in [4.69, 9.17) is 28.9 Å². The fourth-order valence-corrected chi connectivity index (χ4v) is 9.97. The second kappa shape index (κ2) is 23.1. The minimum Gasteiger partial charge on any atom is -0.459 e. The summed E-state index contributed by atoms with van der Waals surface area (Å²) in [5.74, 6) is -0.618. The number of nitrogens with zero attached hydrogens (tertiary/aromatic N) is 3. The molecule has 1 aliphatic heterocycles. The molecule has 0 radical (unpaired) electrons. The number of aryl methyl sites for hydroxylation is 2. The summed E-state index contributed by atoms with van der Waals surface area (Å²) in [6.45, 7) is 8.79. The van der Waals surface area contributed by atoms with Crippen molar-refractivity contribution in [3.63, 3.8) is 0 Å². The topological polar surface area (TPSA) is 163 Å². The molecule has 7 rings (SSSR count). The molecule has 12 nitrogen and oxygen atoms in total. The SMILES string of the molecule is C=CCOC12Oc3ccc(Oc4ccc(C)c(C)c4)cc3C3C(CCCCO)C(CCCCO)C=C(C(=NOCc4ccccc4)CC1N(CCOCCO)C(=O)c1ccc(C#N)cc1)C32. The van der Waals surface area contributed by atoms with E-state index in [1.54, 1.807) is 35.2 Å². The zero-order chi connectivity index (χ0) is 46.5. The van der Waals surface area contributed by atoms with Gasteiger partial charge in [-0.25, -0.2) is 0 Å². The molecule has 66 heavy (non-hydrogen) atoms. The molecule has 3 aliphatic rings. The molecule has 3 N–H and O–H groups in total. The summed E-state index contributed by atoms with van der Waals surface area (Å²) in [6.07, 6.45) is 8.64. The van der Waals surface area contributed by atoms with Gasteiger partial charge in [-0.05, 0) is 128 Å². The van der Waals surface area contributed by atoms with Gasteiger partial charge in [-0.15, -0.1) is 6.58 Å². The van der Waals surface area contributed by atoms with Gasteiger partial charge < -0.3 is 44.0 Å². The van der Waals surface area contributed by atoms with E-state index in [2.05, 4.69) is 38.6 Å². The highest BCUT2D eigenvalue weighted by Crippen LogP contribution is 2.62. The molecule has 12 heteroatoms. The number of unbranched alkanes of at least 4 members (excludes halogenated alkanes) is 2. The summed E-state index contributed by atoms with van der Waals surface area (Å²) in [6, 6.07) is 29.7. The molecule has 0 bridgehead atoms. The molecule has 6 atom stereocenters. The van der Waals surface area contributed by atoms with Crippen LogP contribution in [0.3, 0.4) is 0 Å². The average Bonchev–Trinajstić information content (AvgIpc) is 3.34. The molecule has 1 saturated carbocycles. The van der Waals surface area contributed by atoms with E-state index >= 15 is 4.79 Å². The van der Waals surface area contributed by atoms with Gasteiger partial charge in [0, 0.05) is 43.2 Å². The van der Waals surface area contributed by atoms with Crippen molar-refractivity contribution >= 4 is 11.6 Å². The van der Waals surface area contributed by atoms with Crippen LogP contribution in [0.1, 0.15) is 89.0 Å². The van der Waals surface area contributed by atoms with Crippen molar-refractivity contribution in [1.82, 2.24) is 4.90 Å². The first kappa shape index (κ1) is 48.1. The van der Waals surface area contributed by atoms with Gasteiger partial charge in [-0.2, -0.15) is 5.26 Å². The number of allylic oxidation sites excluding steroid dienone is 1. The summed E-state index contributed by atoms with van der Waals surface area (Å²) in [4.78, 5) is 23.1. The Labute approximate surface area is 388 Å². The Morgan fingerprint density at radius 3 is 2.36 bits per heavy atom. The molecule has 4 aromatic carbocycles. The third-order valence-electron chi connectivity index (χ3n) is 13.2. The van der Waals surface area contributed by atoms with Crippen LogP contribution in [0.4, 0.5) is 0 Å². The number of carbonyl (C=O) groups is 1. The first-order valence-electron chi connectivity index (χ1n) is 23.2. The third kappa shape index (κ3) is 10.9. The summed E-state index contributed by atoms with van der Waals surface area (Å²) in [5, 5.41) is 44.3. The second-order valence-electron chi connectivity index (χ2n) is 17.4. The van der Waals surface area contributed by atoms with Gasteiger partial charge >= 0.3 is 0 Å². The predicted octanol–water partition coefficient (Wildman–Crippen LogP) is 8.95. The third-order valence-corrected chi connectivity index (χ3v) is 13.2. The van der Waals surface area contributed by atoms with Gasteiger partial charge in [0.15, 0.2) is 0 Å². The number of carbonyl (C=O) groups excluding carboxylic acids is 1. The van der Waals surface area contributed by atoms with Crippen LogP contribution < -0.4 is 9.47 Å². The molecule has 4 aromatic rings. The summed E-state index contributed by atoms with van der Waals surface area (Å²) in [7, 11) is 0. The van der Waals surface area contributed by atoms with Crippen LogP contribution in [0.15, 0.2) is 120 Å². The lowest BCUT2D eigenvalue weighted by Gasteiger charge is -2.60. The number of nitriles is 1. The molecular weight excluding hydrogens is 835 g/mol. The minimum absolute atomic E-state index is 0.0102. The fraction of sp³-hybridized carbons (Fsp3) is 0.426. The maximum absolute atomic E-state index is 15.2. The van der Waals surface area contributed by atoms with E-state index < -0.39 is 17.7 Å². The Hall–Kier alpha value is -5.81. The molecule has 1 amide bonds. The zero-order valence-corrected chi connectivity index (χ0v) is 38.1. The molecule has 2 aliphatic carbocycles. The number of fused-ring (bicyclic) bond motifs is 2. The smallest absolute Gasteiger partial charge is 0.254 e. The Morgan fingerprint density at radius 1 is 0.909 bits per heavy atom. The molecule has 6 unspecified atom stereocenters. The molecule has 1 heterocycles. The number of rotatable bonds is 23. The fourth-order valence-electron chi connectivity index (χ4n) is 9.97. The van der Waals surface area contributed by atoms with Crippen molar-refractivity contribution in [2.75, 3.05) is 46.2 Å². The number of benzene rings is 4. The van der Waals surface area contributed by atoms with Crippen LogP contribution in [0.5, 0.6) is 17.2 Å². The van der Waals surface area contributed by atoms with Crippen molar-refractivity contribution in [3.8, 4) is 23.3 Å². The standard InChI is InChI=1S/C54H63N3O9/c1-4-28-63-54-50(57(24-29-62-30-27-60)53(61)41-19-17-39(35-55)18-20-41)34-48(56-64-36-40-12-6-5-7-13-40)46-32-42(14-8-10-25-58)45(15-9-11-26-59)51(52(46)54)47-33-44(22-23-49(47)66-54)65-43-21-16-37(2)38(3)31-43/h4-7,12-13,16-23,31-33,42,45,50-52,58-60H,1,8-11,14-15,24-30,34,36H2,2-3H3. The molecular formula is C54H63N3O9. The average molecular weight is 898 g/mol. The van der Waals surface area contributed by atoms with Crippen molar-refractivity contribution in [3.05, 3.63) is 149 Å². The van der Waals surface area contributed by atoms with Crippen LogP contribution >= 0.6 is 0 Å². The van der Waals surface area contributed by atoms with Gasteiger partial charge in [0.2, 0.25) is 5.79 Å². The van der Waals surface area contributed by atoms with Crippen molar-refractivity contribution in [2.24, 2.45) is 22.9 Å². The van der Waals surface area contributed by atoms with E-state index in [1.807, 2.05) is 60.7 Å². The van der Waals surface area contributed by atoms with Crippen LogP contribution in [0.25, 0.3) is 0 Å². The zero-order valence-electron chi connectivity index (χ0n) is 38.1. The van der Waals surface area contributed by atoms with E-state index in [0.717, 1.165) is 47.9 Å². The van der Waals surface area contributed by atoms with Crippen molar-refractivity contribution < 1.29 is 43.9 Å². The maximum atomic E-state index is 15.2. The minimum atomic E-state index is -1.50. The number of hydrogen-bond donors (Lipinski definition) is 3. The first-order valence-corrected chi connectivity index (χ1v) is 23.2. The van der Waals surface area contributed by atoms with Gasteiger partial charge in [-0.3, -0.25) is 4.79 Å². The van der Waals surface area contributed by atoms with Gasteiger partial charge in [0.1, 0.15) is 29.9 Å². The van der Waals surface area contributed by atoms with E-state index in [0.29, 0.717) is 46.9 Å². The molecule has 0 saturated heterocycles. The monoisotopic (exact) mass is 897 g/mol. The number of amides is 1. The lowest BCUT2D eigenvalue weighted by atomic mass is 9.55. The van der Waals surface area contributed by atoms with E-state index in [9.17, 15) is 20.6 Å². The molecule has 1 fully saturated rings. The first-order chi connectivity index (χ1) is 32.2. The summed E-state index contributed by atoms with van der Waals surface area (Å²) >= 11 is 0. The van der Waals surface area contributed by atoms with Crippen molar-refractivity contribution in [1.29, 1.82) is 5.26 Å². The Morgan fingerprint density at radius 2 is 1.65 bits per heavy atom. The molecule has 0 spiro atoms. The van der Waals surface area contributed by atoms with Gasteiger partial charge in [0.05, 0.1) is 49.7 Å². The Balaban J connectivity index is 1.45. The lowest BCUT2D eigenvalue weighted by molar-refractivity contribution is -0.254. The maximum Gasteiger partial charge on any atom is 0.254 e. The van der Waals surface area contributed by atoms with Crippen molar-refractivity contribution in [2.45, 2.75) is 83.1 Å². The highest BCUT2D eigenvalue weighted by atomic mass is 16.7. The number of oxime groups is 1. The van der Waals surface area contributed by atoms with E-state index in [1.165, 1.54) is 5.56 Å². The van der Waals surface area contributed by atoms with E-state index in [-0.39, 0.29) is 82.9 Å². The van der Waals surface area contributed by atoms with Crippen LogP contribution in [0.2, 0.25) is 0 Å². The number of aliphatic hydroxyl groups is 3. The summed E-state index contributed by atoms with van der Waals surface area (Å²) < 4.78 is 27.0. The quantitative estimate of drug-likeness (QED) is 0.0372. The number of hydrogen-bond acceptors (Lipinski definition) is 11. The van der Waals surface area contributed by atoms with Gasteiger partial charge in [0.25, 0.3) is 5.91 Å². The van der Waals surface area contributed by atoms with Gasteiger partial charge in [-0.1, -0.05) is 66.5 Å². The summed E-state index contributed by atoms with van der Waals surface area (Å²) in [5.41, 5.74) is 6.53. The second-order valence-corrected chi connectivity index (χ2v) is 17.4. The largest absolute Gasteiger partial charge is 0.459 e. The highest BCUT2D eigenvalue weighted by Gasteiger charge is 2.65. The number of ether oxygens (including phenoxy) is 4. The lowest BCUT2D eigenvalue weighted by Crippen LogP contribution is -2.70. The molecule has 0 aromatic heterocycles. The number of aliphatic hydroxyl groups excluding tert-OH is 3. The van der Waals surface area contributed by atoms with Crippen LogP contribution in [-0.4, -0.2) is 89.9 Å². The Bertz CT molecular complexity index is 2360. The molecule has 348 valence electrons. The highest BCUT2D eigenvalue weighted by molar-refractivity contribution is 6.03. The van der Waals surface area contributed by atoms with Crippen LogP contribution in [-0.2, 0) is 20.9 Å².